The van der Waals surface area contributed by atoms with Crippen molar-refractivity contribution in [3.8, 4) is 22.0 Å². The molecule has 2 N–H and O–H groups in total. The van der Waals surface area contributed by atoms with Crippen LogP contribution in [0.15, 0.2) is 34.1 Å². The average Bonchev–Trinajstić information content (AvgIpc) is 3.31. The van der Waals surface area contributed by atoms with Gasteiger partial charge in [0.15, 0.2) is 11.1 Å². The molecule has 5 rings (SSSR count). The first-order valence-corrected chi connectivity index (χ1v) is 11.0. The summed E-state index contributed by atoms with van der Waals surface area (Å²) >= 11 is 3.24. The molecule has 1 fully saturated rings. The Bertz CT molecular complexity index is 972. The van der Waals surface area contributed by atoms with Crippen LogP contribution in [0.2, 0.25) is 0 Å². The normalized spacial score (nSPS) is 17.1. The standard InChI is InChI=1S/C19H20N6S2/c1-4-12(5-1)16-13(6-2-7-20-16)17-23-14(10-26-17)15-11-27-19(24-15)25-18-21-8-3-9-22-18/h2,6-7,10-12H,1,3-5,8-9H2,(H2,21,22,24,25). The van der Waals surface area contributed by atoms with E-state index >= 15 is 0 Å². The monoisotopic (exact) mass is 396 g/mol. The fraction of sp³-hybridized carbons (Fsp3) is 0.368. The predicted molar refractivity (Wildman–Crippen MR) is 112 cm³/mol. The van der Waals surface area contributed by atoms with Gasteiger partial charge in [0.05, 0.1) is 5.69 Å². The molecule has 2 aliphatic rings. The van der Waals surface area contributed by atoms with E-state index in [1.54, 1.807) is 22.7 Å². The molecule has 4 heterocycles. The van der Waals surface area contributed by atoms with Gasteiger partial charge < -0.3 is 10.6 Å². The van der Waals surface area contributed by atoms with Crippen molar-refractivity contribution in [2.24, 2.45) is 4.99 Å². The van der Waals surface area contributed by atoms with Gasteiger partial charge in [-0.25, -0.2) is 9.97 Å². The maximum absolute atomic E-state index is 4.86. The van der Waals surface area contributed by atoms with Crippen LogP contribution in [-0.4, -0.2) is 34.0 Å². The highest BCUT2D eigenvalue weighted by molar-refractivity contribution is 7.14. The summed E-state index contributed by atoms with van der Waals surface area (Å²) in [6.45, 7) is 1.81. The molecule has 0 amide bonds. The van der Waals surface area contributed by atoms with Crippen molar-refractivity contribution in [3.63, 3.8) is 0 Å². The Labute approximate surface area is 165 Å². The number of aromatic nitrogens is 3. The molecular formula is C19H20N6S2. The Hall–Kier alpha value is -2.32. The van der Waals surface area contributed by atoms with E-state index in [-0.39, 0.29) is 0 Å². The maximum atomic E-state index is 4.86. The summed E-state index contributed by atoms with van der Waals surface area (Å²) in [5.41, 5.74) is 4.19. The molecule has 6 nitrogen and oxygen atoms in total. The van der Waals surface area contributed by atoms with Crippen LogP contribution in [0.25, 0.3) is 22.0 Å². The van der Waals surface area contributed by atoms with Crippen molar-refractivity contribution < 1.29 is 0 Å². The maximum Gasteiger partial charge on any atom is 0.197 e. The van der Waals surface area contributed by atoms with Gasteiger partial charge in [-0.1, -0.05) is 6.42 Å². The molecular weight excluding hydrogens is 376 g/mol. The highest BCUT2D eigenvalue weighted by Gasteiger charge is 2.25. The average molecular weight is 397 g/mol. The highest BCUT2D eigenvalue weighted by Crippen LogP contribution is 2.41. The molecule has 3 aromatic heterocycles. The lowest BCUT2D eigenvalue weighted by Crippen LogP contribution is -2.35. The highest BCUT2D eigenvalue weighted by atomic mass is 32.1. The van der Waals surface area contributed by atoms with Gasteiger partial charge in [-0.2, -0.15) is 0 Å². The van der Waals surface area contributed by atoms with Crippen molar-refractivity contribution in [2.75, 3.05) is 18.4 Å². The summed E-state index contributed by atoms with van der Waals surface area (Å²) < 4.78 is 0. The van der Waals surface area contributed by atoms with Crippen LogP contribution in [0.3, 0.4) is 0 Å². The second-order valence-corrected chi connectivity index (χ2v) is 8.49. The molecule has 0 atom stereocenters. The van der Waals surface area contributed by atoms with E-state index in [2.05, 4.69) is 37.0 Å². The van der Waals surface area contributed by atoms with Crippen molar-refractivity contribution >= 4 is 33.8 Å². The van der Waals surface area contributed by atoms with E-state index in [0.717, 1.165) is 47.0 Å². The molecule has 0 aromatic carbocycles. The van der Waals surface area contributed by atoms with Crippen molar-refractivity contribution in [2.45, 2.75) is 31.6 Å². The zero-order chi connectivity index (χ0) is 18.1. The zero-order valence-corrected chi connectivity index (χ0v) is 16.4. The van der Waals surface area contributed by atoms with Crippen LogP contribution >= 0.6 is 22.7 Å². The van der Waals surface area contributed by atoms with Crippen molar-refractivity contribution in [1.29, 1.82) is 0 Å². The number of hydrogen-bond donors (Lipinski definition) is 2. The molecule has 27 heavy (non-hydrogen) atoms. The second kappa shape index (κ2) is 7.36. The number of pyridine rings is 1. The molecule has 1 aliphatic heterocycles. The minimum Gasteiger partial charge on any atom is -0.356 e. The van der Waals surface area contributed by atoms with Crippen molar-refractivity contribution in [1.82, 2.24) is 20.3 Å². The number of nitrogens with zero attached hydrogens (tertiary/aromatic N) is 4. The van der Waals surface area contributed by atoms with Gasteiger partial charge in [0.1, 0.15) is 16.4 Å². The molecule has 8 heteroatoms. The second-order valence-electron chi connectivity index (χ2n) is 6.78. The summed E-state index contributed by atoms with van der Waals surface area (Å²) in [6, 6.07) is 4.14. The Balaban J connectivity index is 1.38. The fourth-order valence-electron chi connectivity index (χ4n) is 3.29. The number of nitrogens with one attached hydrogen (secondary N) is 2. The quantitative estimate of drug-likeness (QED) is 0.685. The van der Waals surface area contributed by atoms with Crippen LogP contribution in [0.4, 0.5) is 5.13 Å². The lowest BCUT2D eigenvalue weighted by atomic mass is 9.81. The lowest BCUT2D eigenvalue weighted by molar-refractivity contribution is 0.412. The first kappa shape index (κ1) is 16.8. The van der Waals surface area contributed by atoms with E-state index < -0.39 is 0 Å². The van der Waals surface area contributed by atoms with Crippen molar-refractivity contribution in [3.05, 3.63) is 34.8 Å². The predicted octanol–water partition coefficient (Wildman–Crippen LogP) is 4.36. The Morgan fingerprint density at radius 3 is 2.78 bits per heavy atom. The van der Waals surface area contributed by atoms with E-state index in [1.807, 2.05) is 17.6 Å². The fourth-order valence-corrected chi connectivity index (χ4v) is 4.84. The van der Waals surface area contributed by atoms with E-state index in [4.69, 9.17) is 4.98 Å². The van der Waals surface area contributed by atoms with E-state index in [0.29, 0.717) is 5.92 Å². The minimum absolute atomic E-state index is 0.590. The third-order valence-electron chi connectivity index (χ3n) is 4.95. The number of anilines is 1. The van der Waals surface area contributed by atoms with Gasteiger partial charge in [0.25, 0.3) is 0 Å². The number of hydrogen-bond acceptors (Lipinski definition) is 8. The van der Waals surface area contributed by atoms with Gasteiger partial charge in [0, 0.05) is 41.5 Å². The summed E-state index contributed by atoms with van der Waals surface area (Å²) in [5, 5.41) is 12.5. The third kappa shape index (κ3) is 3.46. The smallest absolute Gasteiger partial charge is 0.197 e. The van der Waals surface area contributed by atoms with Crippen LogP contribution in [0.5, 0.6) is 0 Å². The summed E-state index contributed by atoms with van der Waals surface area (Å²) in [7, 11) is 0. The first-order chi connectivity index (χ1) is 13.4. The molecule has 0 spiro atoms. The number of rotatable bonds is 4. The van der Waals surface area contributed by atoms with Gasteiger partial charge >= 0.3 is 0 Å². The van der Waals surface area contributed by atoms with E-state index in [9.17, 15) is 0 Å². The van der Waals surface area contributed by atoms with Crippen LogP contribution in [0, 0.1) is 0 Å². The molecule has 1 aliphatic carbocycles. The van der Waals surface area contributed by atoms with Gasteiger partial charge in [-0.15, -0.1) is 22.7 Å². The summed E-state index contributed by atoms with van der Waals surface area (Å²) in [6.07, 6.45) is 6.75. The van der Waals surface area contributed by atoms with Crippen LogP contribution in [0.1, 0.15) is 37.3 Å². The number of aliphatic imine (C=N–C) groups is 1. The number of thiazole rings is 2. The van der Waals surface area contributed by atoms with Gasteiger partial charge in [-0.05, 0) is 31.4 Å². The van der Waals surface area contributed by atoms with Crippen LogP contribution < -0.4 is 10.6 Å². The molecule has 1 saturated carbocycles. The van der Waals surface area contributed by atoms with Gasteiger partial charge in [0.2, 0.25) is 0 Å². The Kier molecular flexibility index (Phi) is 4.59. The summed E-state index contributed by atoms with van der Waals surface area (Å²) in [4.78, 5) is 18.6. The third-order valence-corrected chi connectivity index (χ3v) is 6.59. The molecule has 3 aromatic rings. The SMILES string of the molecule is c1cnc(C2CCC2)c(-c2nc(-c3csc(NC4=NCCCN4)n3)cs2)c1. The van der Waals surface area contributed by atoms with E-state index in [1.165, 1.54) is 30.5 Å². The summed E-state index contributed by atoms with van der Waals surface area (Å²) in [5.74, 6) is 1.40. The van der Waals surface area contributed by atoms with Crippen LogP contribution in [-0.2, 0) is 0 Å². The topological polar surface area (TPSA) is 75.1 Å². The molecule has 0 unspecified atom stereocenters. The molecule has 138 valence electrons. The lowest BCUT2D eigenvalue weighted by Gasteiger charge is -2.26. The Morgan fingerprint density at radius 1 is 1.07 bits per heavy atom. The van der Waals surface area contributed by atoms with Gasteiger partial charge in [-0.3, -0.25) is 9.98 Å². The first-order valence-electron chi connectivity index (χ1n) is 9.29. The molecule has 0 bridgehead atoms. The molecule has 0 radical (unpaired) electrons. The largest absolute Gasteiger partial charge is 0.356 e. The minimum atomic E-state index is 0.590. The molecule has 0 saturated heterocycles. The number of guanidine groups is 1. The zero-order valence-electron chi connectivity index (χ0n) is 14.8. The Morgan fingerprint density at radius 2 is 1.96 bits per heavy atom.